The summed E-state index contributed by atoms with van der Waals surface area (Å²) in [7, 11) is 0. The number of ether oxygens (including phenoxy) is 2. The molecule has 0 N–H and O–H groups in total. The fourth-order valence-electron chi connectivity index (χ4n) is 3.70. The first-order chi connectivity index (χ1) is 9.87. The van der Waals surface area contributed by atoms with Gasteiger partial charge < -0.3 is 9.47 Å². The Hall–Kier alpha value is -0.450. The number of hydrogen-bond acceptors (Lipinski definition) is 2. The van der Waals surface area contributed by atoms with Gasteiger partial charge in [-0.05, 0) is 25.3 Å². The van der Waals surface area contributed by atoms with Crippen LogP contribution >= 0.6 is 15.9 Å². The molecule has 21 heavy (non-hydrogen) atoms. The smallest absolute Gasteiger partial charge is 0.128 e. The van der Waals surface area contributed by atoms with E-state index in [4.69, 9.17) is 9.47 Å². The maximum atomic E-state index is 13.7. The van der Waals surface area contributed by atoms with Crippen LogP contribution in [0.4, 0.5) is 4.39 Å². The van der Waals surface area contributed by atoms with Crippen molar-refractivity contribution in [3.63, 3.8) is 0 Å². The highest BCUT2D eigenvalue weighted by atomic mass is 79.9. The molecule has 0 unspecified atom stereocenters. The van der Waals surface area contributed by atoms with Gasteiger partial charge in [-0.2, -0.15) is 0 Å². The highest BCUT2D eigenvalue weighted by Gasteiger charge is 2.65. The fourth-order valence-corrected chi connectivity index (χ4v) is 5.15. The predicted octanol–water partition coefficient (Wildman–Crippen LogP) is 4.45. The minimum Gasteiger partial charge on any atom is -0.370 e. The lowest BCUT2D eigenvalue weighted by molar-refractivity contribution is -0.0957. The lowest BCUT2D eigenvalue weighted by Crippen LogP contribution is -2.44. The molecule has 4 atom stereocenters. The molecule has 0 aliphatic carbocycles. The van der Waals surface area contributed by atoms with Crippen LogP contribution in [-0.2, 0) is 16.1 Å². The number of alkyl halides is 1. The van der Waals surface area contributed by atoms with Crippen molar-refractivity contribution in [3.8, 4) is 0 Å². The van der Waals surface area contributed by atoms with Gasteiger partial charge in [0, 0.05) is 16.8 Å². The van der Waals surface area contributed by atoms with Crippen LogP contribution in [-0.4, -0.2) is 22.1 Å². The molecule has 2 bridgehead atoms. The van der Waals surface area contributed by atoms with Crippen LogP contribution in [0, 0.1) is 11.7 Å². The normalized spacial score (nSPS) is 38.4. The quantitative estimate of drug-likeness (QED) is 0.741. The summed E-state index contributed by atoms with van der Waals surface area (Å²) < 4.78 is 26.1. The van der Waals surface area contributed by atoms with E-state index in [1.165, 1.54) is 6.07 Å². The third-order valence-corrected chi connectivity index (χ3v) is 6.20. The average Bonchev–Trinajstić information content (AvgIpc) is 2.86. The molecule has 1 aromatic rings. The van der Waals surface area contributed by atoms with Crippen molar-refractivity contribution < 1.29 is 13.9 Å². The second kappa shape index (κ2) is 5.32. The van der Waals surface area contributed by atoms with Crippen molar-refractivity contribution in [2.24, 2.45) is 5.92 Å². The maximum absolute atomic E-state index is 13.7. The summed E-state index contributed by atoms with van der Waals surface area (Å²) in [6.07, 6.45) is 1.83. The van der Waals surface area contributed by atoms with E-state index in [2.05, 4.69) is 36.7 Å². The van der Waals surface area contributed by atoms with E-state index in [0.29, 0.717) is 22.9 Å². The first kappa shape index (κ1) is 15.4. The predicted molar refractivity (Wildman–Crippen MR) is 84.0 cm³/mol. The standard InChI is InChI=1S/C17H22BrFO2/c1-11(2)17-9-15(16(3,21-17)8-14(17)18)20-10-12-6-4-5-7-13(12)19/h4-7,11,14-15H,8-10H2,1-3H3/t14-,15+,16-,17+/m0/s1. The van der Waals surface area contributed by atoms with Crippen molar-refractivity contribution >= 4 is 15.9 Å². The van der Waals surface area contributed by atoms with E-state index in [9.17, 15) is 4.39 Å². The Morgan fingerprint density at radius 1 is 1.38 bits per heavy atom. The largest absolute Gasteiger partial charge is 0.370 e. The van der Waals surface area contributed by atoms with Gasteiger partial charge in [-0.3, -0.25) is 0 Å². The van der Waals surface area contributed by atoms with Gasteiger partial charge in [-0.15, -0.1) is 0 Å². The molecule has 1 aromatic carbocycles. The first-order valence-electron chi connectivity index (χ1n) is 7.57. The Morgan fingerprint density at radius 2 is 2.10 bits per heavy atom. The van der Waals surface area contributed by atoms with E-state index >= 15 is 0 Å². The van der Waals surface area contributed by atoms with Gasteiger partial charge >= 0.3 is 0 Å². The zero-order valence-corrected chi connectivity index (χ0v) is 14.3. The number of hydrogen-bond donors (Lipinski definition) is 0. The summed E-state index contributed by atoms with van der Waals surface area (Å²) in [5.41, 5.74) is 0.177. The highest BCUT2D eigenvalue weighted by molar-refractivity contribution is 9.09. The fraction of sp³-hybridized carbons (Fsp3) is 0.647. The van der Waals surface area contributed by atoms with Crippen LogP contribution in [0.15, 0.2) is 24.3 Å². The monoisotopic (exact) mass is 356 g/mol. The van der Waals surface area contributed by atoms with Gasteiger partial charge in [0.15, 0.2) is 0 Å². The maximum Gasteiger partial charge on any atom is 0.128 e. The summed E-state index contributed by atoms with van der Waals surface area (Å²) >= 11 is 3.78. The van der Waals surface area contributed by atoms with E-state index < -0.39 is 0 Å². The lowest BCUT2D eigenvalue weighted by atomic mass is 9.75. The molecule has 2 saturated heterocycles. The Balaban J connectivity index is 1.73. The SMILES string of the molecule is CC(C)[C@]12C[C@@H](OCc3ccccc3F)[C@](C)(C[C@@H]1Br)O2. The molecule has 2 fully saturated rings. The molecule has 3 rings (SSSR count). The van der Waals surface area contributed by atoms with Crippen LogP contribution < -0.4 is 0 Å². The van der Waals surface area contributed by atoms with E-state index in [1.54, 1.807) is 12.1 Å². The lowest BCUT2D eigenvalue weighted by Gasteiger charge is -2.35. The number of rotatable bonds is 4. The minimum atomic E-state index is -0.274. The van der Waals surface area contributed by atoms with Crippen molar-refractivity contribution in [1.29, 1.82) is 0 Å². The van der Waals surface area contributed by atoms with Gasteiger partial charge in [-0.1, -0.05) is 48.0 Å². The van der Waals surface area contributed by atoms with Gasteiger partial charge in [-0.25, -0.2) is 4.39 Å². The van der Waals surface area contributed by atoms with Gasteiger partial charge in [0.25, 0.3) is 0 Å². The van der Waals surface area contributed by atoms with Crippen LogP contribution in [0.5, 0.6) is 0 Å². The number of benzene rings is 1. The molecular weight excluding hydrogens is 335 g/mol. The molecule has 0 saturated carbocycles. The van der Waals surface area contributed by atoms with E-state index in [0.717, 1.165) is 12.8 Å². The number of fused-ring (bicyclic) bond motifs is 2. The van der Waals surface area contributed by atoms with Crippen LogP contribution in [0.2, 0.25) is 0 Å². The number of halogens is 2. The molecule has 0 amide bonds. The van der Waals surface area contributed by atoms with Gasteiger partial charge in [0.2, 0.25) is 0 Å². The van der Waals surface area contributed by atoms with Crippen LogP contribution in [0.25, 0.3) is 0 Å². The van der Waals surface area contributed by atoms with Crippen LogP contribution in [0.3, 0.4) is 0 Å². The molecule has 2 aliphatic rings. The molecule has 0 radical (unpaired) electrons. The summed E-state index contributed by atoms with van der Waals surface area (Å²) in [4.78, 5) is 0.364. The van der Waals surface area contributed by atoms with Gasteiger partial charge in [0.1, 0.15) is 5.82 Å². The molecule has 0 aromatic heterocycles. The second-order valence-electron chi connectivity index (χ2n) is 6.79. The molecule has 4 heteroatoms. The summed E-state index contributed by atoms with van der Waals surface area (Å²) in [5, 5.41) is 0. The molecule has 0 spiro atoms. The van der Waals surface area contributed by atoms with Gasteiger partial charge in [0.05, 0.1) is 23.9 Å². The molecule has 2 heterocycles. The average molecular weight is 357 g/mol. The van der Waals surface area contributed by atoms with E-state index in [-0.39, 0.29) is 23.1 Å². The molecule has 2 aliphatic heterocycles. The molecule has 116 valence electrons. The Bertz CT molecular complexity index is 535. The van der Waals surface area contributed by atoms with Crippen molar-refractivity contribution in [2.45, 2.75) is 62.4 Å². The molecular formula is C17H22BrFO2. The summed E-state index contributed by atoms with van der Waals surface area (Å²) in [5.74, 6) is 0.217. The first-order valence-corrected chi connectivity index (χ1v) is 8.48. The Morgan fingerprint density at radius 3 is 2.71 bits per heavy atom. The third-order valence-electron chi connectivity index (χ3n) is 5.10. The van der Waals surface area contributed by atoms with Crippen molar-refractivity contribution in [2.75, 3.05) is 0 Å². The summed E-state index contributed by atoms with van der Waals surface area (Å²) in [6, 6.07) is 6.79. The van der Waals surface area contributed by atoms with Crippen LogP contribution in [0.1, 0.15) is 39.2 Å². The summed E-state index contributed by atoms with van der Waals surface area (Å²) in [6.45, 7) is 6.81. The zero-order valence-electron chi connectivity index (χ0n) is 12.7. The Labute approximate surface area is 134 Å². The molecule has 2 nitrogen and oxygen atoms in total. The van der Waals surface area contributed by atoms with Crippen molar-refractivity contribution in [1.82, 2.24) is 0 Å². The highest BCUT2D eigenvalue weighted by Crippen LogP contribution is 2.57. The topological polar surface area (TPSA) is 18.5 Å². The second-order valence-corrected chi connectivity index (χ2v) is 7.90. The minimum absolute atomic E-state index is 0.0216. The Kier molecular flexibility index (Phi) is 3.92. The van der Waals surface area contributed by atoms with E-state index in [1.807, 2.05) is 6.07 Å². The third kappa shape index (κ3) is 2.45. The van der Waals surface area contributed by atoms with Crippen molar-refractivity contribution in [3.05, 3.63) is 35.6 Å². The zero-order chi connectivity index (χ0) is 15.3.